The Balaban J connectivity index is 2.17. The van der Waals surface area contributed by atoms with Crippen molar-refractivity contribution in [2.24, 2.45) is 5.73 Å². The average molecular weight is 243 g/mol. The van der Waals surface area contributed by atoms with E-state index < -0.39 is 0 Å². The SMILES string of the molecule is NC1(c2ccsc2)CCCCc2ccccc21. The minimum absolute atomic E-state index is 0.271. The van der Waals surface area contributed by atoms with Crippen LogP contribution in [-0.2, 0) is 12.0 Å². The lowest BCUT2D eigenvalue weighted by Crippen LogP contribution is -2.37. The summed E-state index contributed by atoms with van der Waals surface area (Å²) in [6, 6.07) is 10.8. The van der Waals surface area contributed by atoms with Crippen LogP contribution in [0.2, 0.25) is 0 Å². The summed E-state index contributed by atoms with van der Waals surface area (Å²) in [5.74, 6) is 0. The standard InChI is InChI=1S/C15H17NS/c16-15(13-8-10-17-11-13)9-4-3-6-12-5-1-2-7-14(12)15/h1-2,5,7-8,10-11H,3-4,6,9,16H2. The molecule has 88 valence electrons. The zero-order chi connectivity index (χ0) is 11.7. The van der Waals surface area contributed by atoms with Gasteiger partial charge in [0.05, 0.1) is 5.54 Å². The lowest BCUT2D eigenvalue weighted by Gasteiger charge is -2.30. The zero-order valence-electron chi connectivity index (χ0n) is 9.86. The van der Waals surface area contributed by atoms with Crippen LogP contribution in [-0.4, -0.2) is 0 Å². The first-order chi connectivity index (χ1) is 8.31. The summed E-state index contributed by atoms with van der Waals surface area (Å²) in [5, 5.41) is 4.32. The number of hydrogen-bond acceptors (Lipinski definition) is 2. The maximum Gasteiger partial charge on any atom is 0.0676 e. The van der Waals surface area contributed by atoms with Gasteiger partial charge in [-0.1, -0.05) is 30.7 Å². The summed E-state index contributed by atoms with van der Waals surface area (Å²) >= 11 is 1.73. The molecule has 1 aliphatic carbocycles. The predicted molar refractivity (Wildman–Crippen MR) is 73.3 cm³/mol. The lowest BCUT2D eigenvalue weighted by molar-refractivity contribution is 0.481. The van der Waals surface area contributed by atoms with Crippen LogP contribution in [0.5, 0.6) is 0 Å². The van der Waals surface area contributed by atoms with Crippen molar-refractivity contribution < 1.29 is 0 Å². The van der Waals surface area contributed by atoms with Gasteiger partial charge in [-0.25, -0.2) is 0 Å². The maximum atomic E-state index is 6.74. The molecular formula is C15H17NS. The van der Waals surface area contributed by atoms with E-state index in [9.17, 15) is 0 Å². The molecule has 0 aliphatic heterocycles. The van der Waals surface area contributed by atoms with Crippen LogP contribution in [0, 0.1) is 0 Å². The Kier molecular flexibility index (Phi) is 2.77. The number of nitrogens with two attached hydrogens (primary N) is 1. The van der Waals surface area contributed by atoms with Crippen molar-refractivity contribution >= 4 is 11.3 Å². The van der Waals surface area contributed by atoms with E-state index >= 15 is 0 Å². The molecule has 2 aromatic rings. The van der Waals surface area contributed by atoms with Crippen molar-refractivity contribution in [3.8, 4) is 0 Å². The van der Waals surface area contributed by atoms with E-state index in [1.165, 1.54) is 36.0 Å². The van der Waals surface area contributed by atoms with E-state index in [2.05, 4.69) is 41.1 Å². The highest BCUT2D eigenvalue weighted by molar-refractivity contribution is 7.08. The van der Waals surface area contributed by atoms with E-state index in [-0.39, 0.29) is 5.54 Å². The molecule has 0 amide bonds. The number of hydrogen-bond donors (Lipinski definition) is 1. The topological polar surface area (TPSA) is 26.0 Å². The Morgan fingerprint density at radius 2 is 2.00 bits per heavy atom. The first kappa shape index (κ1) is 11.0. The van der Waals surface area contributed by atoms with Gasteiger partial charge in [0, 0.05) is 0 Å². The smallest absolute Gasteiger partial charge is 0.0676 e. The van der Waals surface area contributed by atoms with E-state index in [1.54, 1.807) is 11.3 Å². The minimum atomic E-state index is -0.271. The van der Waals surface area contributed by atoms with Crippen LogP contribution in [0.3, 0.4) is 0 Å². The molecule has 1 aromatic heterocycles. The van der Waals surface area contributed by atoms with E-state index in [0.717, 1.165) is 6.42 Å². The quantitative estimate of drug-likeness (QED) is 0.760. The lowest BCUT2D eigenvalue weighted by atomic mass is 9.81. The number of fused-ring (bicyclic) bond motifs is 1. The Bertz CT molecular complexity index is 503. The number of thiophene rings is 1. The highest BCUT2D eigenvalue weighted by Gasteiger charge is 2.32. The summed E-state index contributed by atoms with van der Waals surface area (Å²) in [7, 11) is 0. The molecule has 1 atom stereocenters. The second kappa shape index (κ2) is 4.28. The molecule has 1 aromatic carbocycles. The molecule has 0 bridgehead atoms. The predicted octanol–water partition coefficient (Wildman–Crippen LogP) is 3.68. The third kappa shape index (κ3) is 1.81. The molecule has 1 heterocycles. The van der Waals surface area contributed by atoms with Crippen molar-refractivity contribution in [1.29, 1.82) is 0 Å². The molecule has 0 saturated heterocycles. The van der Waals surface area contributed by atoms with Gasteiger partial charge in [0.25, 0.3) is 0 Å². The Morgan fingerprint density at radius 1 is 1.12 bits per heavy atom. The van der Waals surface area contributed by atoms with Gasteiger partial charge < -0.3 is 5.73 Å². The third-order valence-electron chi connectivity index (χ3n) is 3.80. The van der Waals surface area contributed by atoms with Gasteiger partial charge >= 0.3 is 0 Å². The molecule has 1 nitrogen and oxygen atoms in total. The average Bonchev–Trinajstić information content (AvgIpc) is 2.84. The molecule has 0 saturated carbocycles. The molecule has 1 aliphatic rings. The molecule has 2 N–H and O–H groups in total. The second-order valence-electron chi connectivity index (χ2n) is 4.85. The van der Waals surface area contributed by atoms with Gasteiger partial charge in [-0.2, -0.15) is 11.3 Å². The van der Waals surface area contributed by atoms with Crippen molar-refractivity contribution in [3.05, 3.63) is 57.8 Å². The molecule has 3 rings (SSSR count). The molecule has 0 radical (unpaired) electrons. The van der Waals surface area contributed by atoms with Gasteiger partial charge in [-0.05, 0) is 52.8 Å². The fourth-order valence-corrected chi connectivity index (χ4v) is 3.58. The molecule has 2 heteroatoms. The third-order valence-corrected chi connectivity index (χ3v) is 4.48. The molecule has 17 heavy (non-hydrogen) atoms. The molecule has 0 spiro atoms. The van der Waals surface area contributed by atoms with Crippen molar-refractivity contribution in [1.82, 2.24) is 0 Å². The summed E-state index contributed by atoms with van der Waals surface area (Å²) in [6.07, 6.45) is 4.68. The zero-order valence-corrected chi connectivity index (χ0v) is 10.7. The number of benzene rings is 1. The largest absolute Gasteiger partial charge is 0.318 e. The Hall–Kier alpha value is -1.12. The van der Waals surface area contributed by atoms with E-state index in [0.29, 0.717) is 0 Å². The fraction of sp³-hybridized carbons (Fsp3) is 0.333. The van der Waals surface area contributed by atoms with Crippen molar-refractivity contribution in [3.63, 3.8) is 0 Å². The maximum absolute atomic E-state index is 6.74. The molecule has 1 unspecified atom stereocenters. The highest BCUT2D eigenvalue weighted by atomic mass is 32.1. The van der Waals surface area contributed by atoms with E-state index in [1.807, 2.05) is 0 Å². The minimum Gasteiger partial charge on any atom is -0.318 e. The Labute approximate surface area is 106 Å². The second-order valence-corrected chi connectivity index (χ2v) is 5.63. The first-order valence-electron chi connectivity index (χ1n) is 6.21. The highest BCUT2D eigenvalue weighted by Crippen LogP contribution is 2.38. The van der Waals surface area contributed by atoms with Crippen LogP contribution >= 0.6 is 11.3 Å². The van der Waals surface area contributed by atoms with E-state index in [4.69, 9.17) is 5.73 Å². The van der Waals surface area contributed by atoms with Gasteiger partial charge in [0.1, 0.15) is 0 Å². The van der Waals surface area contributed by atoms with Crippen LogP contribution < -0.4 is 5.73 Å². The summed E-state index contributed by atoms with van der Waals surface area (Å²) in [5.41, 5.74) is 10.5. The van der Waals surface area contributed by atoms with Crippen molar-refractivity contribution in [2.45, 2.75) is 31.2 Å². The van der Waals surface area contributed by atoms with Gasteiger partial charge in [-0.3, -0.25) is 0 Å². The monoisotopic (exact) mass is 243 g/mol. The fourth-order valence-electron chi connectivity index (χ4n) is 2.85. The molecule has 0 fully saturated rings. The summed E-state index contributed by atoms with van der Waals surface area (Å²) in [6.45, 7) is 0. The van der Waals surface area contributed by atoms with Gasteiger partial charge in [0.2, 0.25) is 0 Å². The molecular weight excluding hydrogens is 226 g/mol. The number of rotatable bonds is 1. The van der Waals surface area contributed by atoms with Crippen LogP contribution in [0.15, 0.2) is 41.1 Å². The van der Waals surface area contributed by atoms with Gasteiger partial charge in [-0.15, -0.1) is 0 Å². The summed E-state index contributed by atoms with van der Waals surface area (Å²) in [4.78, 5) is 0. The Morgan fingerprint density at radius 3 is 2.82 bits per heavy atom. The van der Waals surface area contributed by atoms with Gasteiger partial charge in [0.15, 0.2) is 0 Å². The van der Waals surface area contributed by atoms with Crippen LogP contribution in [0.25, 0.3) is 0 Å². The van der Waals surface area contributed by atoms with Crippen LogP contribution in [0.1, 0.15) is 36.0 Å². The van der Waals surface area contributed by atoms with Crippen LogP contribution in [0.4, 0.5) is 0 Å². The summed E-state index contributed by atoms with van der Waals surface area (Å²) < 4.78 is 0. The first-order valence-corrected chi connectivity index (χ1v) is 7.15. The number of aryl methyl sites for hydroxylation is 1. The normalized spacial score (nSPS) is 24.1. The van der Waals surface area contributed by atoms with Crippen molar-refractivity contribution in [2.75, 3.05) is 0 Å².